The first-order valence-corrected chi connectivity index (χ1v) is 12.6. The van der Waals surface area contributed by atoms with Crippen LogP contribution in [0.2, 0.25) is 0 Å². The second-order valence-electron chi connectivity index (χ2n) is 9.64. The van der Waals surface area contributed by atoms with Crippen molar-refractivity contribution in [2.24, 2.45) is 11.7 Å². The van der Waals surface area contributed by atoms with Crippen molar-refractivity contribution in [2.45, 2.75) is 38.1 Å². The van der Waals surface area contributed by atoms with Crippen LogP contribution in [0.1, 0.15) is 42.7 Å². The Hall–Kier alpha value is -3.61. The van der Waals surface area contributed by atoms with Crippen molar-refractivity contribution in [3.8, 4) is 0 Å². The highest BCUT2D eigenvalue weighted by Crippen LogP contribution is 2.33. The van der Waals surface area contributed by atoms with Crippen molar-refractivity contribution < 1.29 is 9.59 Å². The number of fused-ring (bicyclic) bond motifs is 1. The fraction of sp³-hybridized carbons (Fsp3) is 0.393. The molecule has 7 nitrogen and oxygen atoms in total. The van der Waals surface area contributed by atoms with Crippen molar-refractivity contribution >= 4 is 28.5 Å². The Balaban J connectivity index is 1.17. The lowest BCUT2D eigenvalue weighted by molar-refractivity contribution is -0.122. The van der Waals surface area contributed by atoms with Crippen molar-refractivity contribution in [1.82, 2.24) is 15.2 Å². The molecule has 182 valence electrons. The van der Waals surface area contributed by atoms with Gasteiger partial charge in [0.2, 0.25) is 5.91 Å². The van der Waals surface area contributed by atoms with Gasteiger partial charge in [-0.05, 0) is 54.0 Å². The number of piperidine rings is 2. The van der Waals surface area contributed by atoms with Crippen LogP contribution in [0.5, 0.6) is 0 Å². The number of anilines is 1. The lowest BCUT2D eigenvalue weighted by Crippen LogP contribution is -2.44. The molecule has 5 rings (SSSR count). The maximum Gasteiger partial charge on any atom is 0.317 e. The number of carbonyl (C=O) groups is 2. The number of carbonyl (C=O) groups excluding carboxylic acids is 2. The number of nitrogens with one attached hydrogen (secondary N) is 1. The minimum absolute atomic E-state index is 0.0244. The van der Waals surface area contributed by atoms with E-state index in [0.717, 1.165) is 63.2 Å². The number of likely N-dealkylation sites (tertiary alicyclic amines) is 1. The second-order valence-corrected chi connectivity index (χ2v) is 9.64. The summed E-state index contributed by atoms with van der Waals surface area (Å²) >= 11 is 0. The first-order valence-electron chi connectivity index (χ1n) is 12.6. The predicted molar refractivity (Wildman–Crippen MR) is 138 cm³/mol. The molecule has 35 heavy (non-hydrogen) atoms. The molecule has 0 radical (unpaired) electrons. The average Bonchev–Trinajstić information content (AvgIpc) is 2.92. The van der Waals surface area contributed by atoms with Gasteiger partial charge in [0.05, 0.1) is 0 Å². The van der Waals surface area contributed by atoms with E-state index in [9.17, 15) is 9.59 Å². The minimum Gasteiger partial charge on any atom is -0.369 e. The third-order valence-electron chi connectivity index (χ3n) is 7.54. The Morgan fingerprint density at radius 2 is 1.66 bits per heavy atom. The zero-order valence-electron chi connectivity index (χ0n) is 20.0. The molecule has 0 atom stereocenters. The van der Waals surface area contributed by atoms with E-state index in [1.54, 1.807) is 6.20 Å². The zero-order valence-corrected chi connectivity index (χ0v) is 20.0. The van der Waals surface area contributed by atoms with E-state index in [2.05, 4.69) is 57.7 Å². The molecule has 2 aromatic carbocycles. The summed E-state index contributed by atoms with van der Waals surface area (Å²) in [6.45, 7) is 3.42. The summed E-state index contributed by atoms with van der Waals surface area (Å²) in [5.41, 5.74) is 7.86. The summed E-state index contributed by atoms with van der Waals surface area (Å²) in [4.78, 5) is 33.1. The van der Waals surface area contributed by atoms with E-state index in [-0.39, 0.29) is 17.9 Å². The highest BCUT2D eigenvalue weighted by Gasteiger charge is 2.27. The summed E-state index contributed by atoms with van der Waals surface area (Å²) < 4.78 is 0. The second kappa shape index (κ2) is 10.3. The molecule has 2 aliphatic rings. The molecule has 3 heterocycles. The van der Waals surface area contributed by atoms with Crippen LogP contribution in [0.15, 0.2) is 60.8 Å². The number of aromatic nitrogens is 1. The maximum absolute atomic E-state index is 13.0. The van der Waals surface area contributed by atoms with Crippen LogP contribution in [0.25, 0.3) is 10.8 Å². The Labute approximate surface area is 206 Å². The van der Waals surface area contributed by atoms with Gasteiger partial charge in [0.25, 0.3) is 0 Å². The number of amides is 3. The molecule has 1 aromatic heterocycles. The first-order chi connectivity index (χ1) is 17.1. The van der Waals surface area contributed by atoms with E-state index in [4.69, 9.17) is 5.73 Å². The summed E-state index contributed by atoms with van der Waals surface area (Å²) in [5.74, 6) is 1.07. The van der Waals surface area contributed by atoms with Crippen molar-refractivity contribution in [3.05, 3.63) is 71.9 Å². The molecule has 2 aliphatic heterocycles. The van der Waals surface area contributed by atoms with Gasteiger partial charge in [-0.3, -0.25) is 4.79 Å². The number of hydrogen-bond acceptors (Lipinski definition) is 4. The molecule has 0 unspecified atom stereocenters. The monoisotopic (exact) mass is 471 g/mol. The van der Waals surface area contributed by atoms with Crippen LogP contribution in [0.3, 0.4) is 0 Å². The molecule has 0 saturated carbocycles. The van der Waals surface area contributed by atoms with E-state index in [1.165, 1.54) is 16.3 Å². The molecule has 7 heteroatoms. The molecular formula is C28H33N5O2. The molecule has 3 N–H and O–H groups in total. The molecule has 2 fully saturated rings. The van der Waals surface area contributed by atoms with Crippen LogP contribution in [0.4, 0.5) is 10.6 Å². The SMILES string of the molecule is NC(=O)C1CCN(c2ncccc2CNC(=O)N2CCC(c3cccc4ccccc34)CC2)CC1. The van der Waals surface area contributed by atoms with Gasteiger partial charge in [-0.1, -0.05) is 48.5 Å². The summed E-state index contributed by atoms with van der Waals surface area (Å²) in [6, 6.07) is 19.0. The van der Waals surface area contributed by atoms with Gasteiger partial charge in [0, 0.05) is 50.4 Å². The predicted octanol–water partition coefficient (Wildman–Crippen LogP) is 4.03. The highest BCUT2D eigenvalue weighted by atomic mass is 16.2. The Morgan fingerprint density at radius 3 is 2.43 bits per heavy atom. The third kappa shape index (κ3) is 5.09. The molecule has 0 aliphatic carbocycles. The number of hydrogen-bond donors (Lipinski definition) is 2. The number of nitrogens with two attached hydrogens (primary N) is 1. The fourth-order valence-electron chi connectivity index (χ4n) is 5.51. The third-order valence-corrected chi connectivity index (χ3v) is 7.54. The smallest absolute Gasteiger partial charge is 0.317 e. The number of nitrogens with zero attached hydrogens (tertiary/aromatic N) is 3. The van der Waals surface area contributed by atoms with E-state index >= 15 is 0 Å². The minimum atomic E-state index is -0.220. The maximum atomic E-state index is 13.0. The van der Waals surface area contributed by atoms with Crippen LogP contribution in [0, 0.1) is 5.92 Å². The Morgan fingerprint density at radius 1 is 0.914 bits per heavy atom. The van der Waals surface area contributed by atoms with Gasteiger partial charge in [-0.15, -0.1) is 0 Å². The van der Waals surface area contributed by atoms with E-state index in [0.29, 0.717) is 12.5 Å². The summed E-state index contributed by atoms with van der Waals surface area (Å²) in [5, 5.41) is 5.70. The number of urea groups is 1. The van der Waals surface area contributed by atoms with E-state index in [1.807, 2.05) is 17.0 Å². The van der Waals surface area contributed by atoms with Crippen molar-refractivity contribution in [3.63, 3.8) is 0 Å². The van der Waals surface area contributed by atoms with Crippen LogP contribution < -0.4 is 16.0 Å². The van der Waals surface area contributed by atoms with Gasteiger partial charge in [0.1, 0.15) is 5.82 Å². The molecule has 0 spiro atoms. The first kappa shape index (κ1) is 23.1. The molecular weight excluding hydrogens is 438 g/mol. The van der Waals surface area contributed by atoms with Crippen molar-refractivity contribution in [2.75, 3.05) is 31.1 Å². The number of pyridine rings is 1. The topological polar surface area (TPSA) is 91.6 Å². The zero-order chi connectivity index (χ0) is 24.2. The molecule has 3 amide bonds. The number of rotatable bonds is 5. The van der Waals surface area contributed by atoms with Crippen LogP contribution in [-0.2, 0) is 11.3 Å². The molecule has 2 saturated heterocycles. The van der Waals surface area contributed by atoms with Crippen LogP contribution in [-0.4, -0.2) is 48.0 Å². The molecule has 3 aromatic rings. The summed E-state index contributed by atoms with van der Waals surface area (Å²) in [6.07, 6.45) is 5.19. The Kier molecular flexibility index (Phi) is 6.84. The largest absolute Gasteiger partial charge is 0.369 e. The lowest BCUT2D eigenvalue weighted by Gasteiger charge is -2.34. The lowest BCUT2D eigenvalue weighted by atomic mass is 9.86. The normalized spacial score (nSPS) is 17.5. The quantitative estimate of drug-likeness (QED) is 0.588. The van der Waals surface area contributed by atoms with Gasteiger partial charge in [0.15, 0.2) is 0 Å². The van der Waals surface area contributed by atoms with Crippen molar-refractivity contribution in [1.29, 1.82) is 0 Å². The van der Waals surface area contributed by atoms with Gasteiger partial charge < -0.3 is 20.9 Å². The Bertz CT molecular complexity index is 1190. The summed E-state index contributed by atoms with van der Waals surface area (Å²) in [7, 11) is 0. The fourth-order valence-corrected chi connectivity index (χ4v) is 5.51. The van der Waals surface area contributed by atoms with Gasteiger partial charge >= 0.3 is 6.03 Å². The van der Waals surface area contributed by atoms with Crippen LogP contribution >= 0.6 is 0 Å². The van der Waals surface area contributed by atoms with Gasteiger partial charge in [-0.25, -0.2) is 9.78 Å². The molecule has 0 bridgehead atoms. The number of primary amides is 1. The van der Waals surface area contributed by atoms with Gasteiger partial charge in [-0.2, -0.15) is 0 Å². The number of benzene rings is 2. The van der Waals surface area contributed by atoms with E-state index < -0.39 is 0 Å². The average molecular weight is 472 g/mol. The highest BCUT2D eigenvalue weighted by molar-refractivity contribution is 5.86. The standard InChI is InChI=1S/C28H33N5O2/c29-26(34)22-12-15-32(16-13-22)27-23(7-4-14-30-27)19-31-28(35)33-17-10-21(11-18-33)25-9-3-6-20-5-1-2-8-24(20)25/h1-9,14,21-22H,10-13,15-19H2,(H2,29,34)(H,31,35).